The van der Waals surface area contributed by atoms with Crippen molar-refractivity contribution < 1.29 is 24.9 Å². The summed E-state index contributed by atoms with van der Waals surface area (Å²) < 4.78 is 5.11. The van der Waals surface area contributed by atoms with Crippen molar-refractivity contribution in [2.45, 2.75) is 83.2 Å². The zero-order chi connectivity index (χ0) is 22.6. The van der Waals surface area contributed by atoms with Crippen molar-refractivity contribution in [3.05, 3.63) is 60.2 Å². The molecule has 0 saturated heterocycles. The van der Waals surface area contributed by atoms with Gasteiger partial charge in [-0.1, -0.05) is 54.6 Å². The molecule has 1 aliphatic carbocycles. The van der Waals surface area contributed by atoms with Gasteiger partial charge in [-0.25, -0.2) is 0 Å². The Bertz CT molecular complexity index is 697. The van der Waals surface area contributed by atoms with Crippen molar-refractivity contribution >= 4 is 5.97 Å². The van der Waals surface area contributed by atoms with Crippen LogP contribution in [0.4, 0.5) is 0 Å². The number of unbranched alkanes of at least 4 members (excludes halogenated alkanes) is 1. The predicted molar refractivity (Wildman–Crippen MR) is 122 cm³/mol. The Kier molecular flexibility index (Phi) is 11.0. The molecule has 0 radical (unpaired) electrons. The van der Waals surface area contributed by atoms with E-state index in [0.717, 1.165) is 19.3 Å². The predicted octanol–water partition coefficient (Wildman–Crippen LogP) is 3.96. The average molecular weight is 431 g/mol. The summed E-state index contributed by atoms with van der Waals surface area (Å²) in [5, 5.41) is 31.0. The molecule has 0 bridgehead atoms. The highest BCUT2D eigenvalue weighted by Gasteiger charge is 2.39. The minimum Gasteiger partial charge on any atom is -0.463 e. The van der Waals surface area contributed by atoms with Gasteiger partial charge in [0, 0.05) is 18.8 Å². The van der Waals surface area contributed by atoms with Gasteiger partial charge >= 0.3 is 5.97 Å². The van der Waals surface area contributed by atoms with Crippen LogP contribution in [-0.4, -0.2) is 45.7 Å². The summed E-state index contributed by atoms with van der Waals surface area (Å²) in [4.78, 5) is 11.5. The number of aliphatic hydroxyl groups excluding tert-OH is 3. The first kappa shape index (κ1) is 25.3. The largest absolute Gasteiger partial charge is 0.463 e. The Balaban J connectivity index is 1.77. The monoisotopic (exact) mass is 430 g/mol. The van der Waals surface area contributed by atoms with Crippen LogP contribution in [0.15, 0.2) is 54.6 Å². The molecule has 1 fully saturated rings. The maximum Gasteiger partial charge on any atom is 0.306 e. The number of esters is 1. The van der Waals surface area contributed by atoms with Crippen LogP contribution in [0.5, 0.6) is 0 Å². The van der Waals surface area contributed by atoms with Gasteiger partial charge in [0.15, 0.2) is 0 Å². The van der Waals surface area contributed by atoms with E-state index in [9.17, 15) is 20.1 Å². The number of aryl methyl sites for hydroxylation is 1. The second-order valence-electron chi connectivity index (χ2n) is 8.73. The molecule has 172 valence electrons. The number of hydrogen-bond acceptors (Lipinski definition) is 5. The molecule has 0 spiro atoms. The van der Waals surface area contributed by atoms with Gasteiger partial charge in [-0.15, -0.1) is 0 Å². The normalized spacial score (nSPS) is 25.0. The van der Waals surface area contributed by atoms with E-state index >= 15 is 0 Å². The van der Waals surface area contributed by atoms with Crippen molar-refractivity contribution in [3.8, 4) is 0 Å². The Labute approximate surface area is 186 Å². The van der Waals surface area contributed by atoms with Gasteiger partial charge in [0.25, 0.3) is 0 Å². The quantitative estimate of drug-likeness (QED) is 0.265. The first-order valence-electron chi connectivity index (χ1n) is 11.5. The van der Waals surface area contributed by atoms with Gasteiger partial charge in [0.1, 0.15) is 0 Å². The van der Waals surface area contributed by atoms with Gasteiger partial charge < -0.3 is 20.1 Å². The van der Waals surface area contributed by atoms with Crippen LogP contribution >= 0.6 is 0 Å². The second kappa shape index (κ2) is 13.5. The zero-order valence-corrected chi connectivity index (χ0v) is 18.8. The van der Waals surface area contributed by atoms with Crippen molar-refractivity contribution in [2.24, 2.45) is 11.8 Å². The molecule has 0 aliphatic heterocycles. The zero-order valence-electron chi connectivity index (χ0n) is 18.8. The first-order valence-corrected chi connectivity index (χ1v) is 11.5. The van der Waals surface area contributed by atoms with E-state index in [4.69, 9.17) is 4.74 Å². The molecule has 31 heavy (non-hydrogen) atoms. The molecule has 1 aromatic rings. The fraction of sp³-hybridized carbons (Fsp3) is 0.577. The minimum absolute atomic E-state index is 0.0743. The van der Waals surface area contributed by atoms with Crippen molar-refractivity contribution in [3.63, 3.8) is 0 Å². The molecule has 5 atom stereocenters. The fourth-order valence-corrected chi connectivity index (χ4v) is 4.08. The lowest BCUT2D eigenvalue weighted by Crippen LogP contribution is -2.20. The molecular formula is C26H38O5. The lowest BCUT2D eigenvalue weighted by molar-refractivity contribution is -0.147. The van der Waals surface area contributed by atoms with E-state index in [1.165, 1.54) is 5.56 Å². The third-order valence-electron chi connectivity index (χ3n) is 5.74. The van der Waals surface area contributed by atoms with Gasteiger partial charge in [-0.2, -0.15) is 0 Å². The Morgan fingerprint density at radius 3 is 2.61 bits per heavy atom. The van der Waals surface area contributed by atoms with Crippen LogP contribution in [-0.2, 0) is 16.0 Å². The minimum atomic E-state index is -0.600. The molecule has 0 aromatic heterocycles. The highest BCUT2D eigenvalue weighted by atomic mass is 16.5. The Hall–Kier alpha value is -1.95. The summed E-state index contributed by atoms with van der Waals surface area (Å²) in [5.74, 6) is -0.421. The third-order valence-corrected chi connectivity index (χ3v) is 5.74. The summed E-state index contributed by atoms with van der Waals surface area (Å²) in [6.45, 7) is 3.68. The summed E-state index contributed by atoms with van der Waals surface area (Å²) in [7, 11) is 0. The molecule has 0 heterocycles. The molecular weight excluding hydrogens is 392 g/mol. The number of rotatable bonds is 12. The van der Waals surface area contributed by atoms with Crippen LogP contribution in [0, 0.1) is 11.8 Å². The van der Waals surface area contributed by atoms with Crippen LogP contribution in [0.3, 0.4) is 0 Å². The smallest absolute Gasteiger partial charge is 0.306 e. The molecule has 2 rings (SSSR count). The number of carbonyl (C=O) groups is 1. The Morgan fingerprint density at radius 2 is 1.90 bits per heavy atom. The number of aliphatic hydroxyl groups is 3. The first-order chi connectivity index (χ1) is 14.9. The van der Waals surface area contributed by atoms with Crippen LogP contribution in [0.1, 0.15) is 57.9 Å². The number of ether oxygens (including phenoxy) is 1. The second-order valence-corrected chi connectivity index (χ2v) is 8.73. The van der Waals surface area contributed by atoms with Crippen LogP contribution in [0.2, 0.25) is 0 Å². The van der Waals surface area contributed by atoms with E-state index in [-0.39, 0.29) is 23.9 Å². The molecule has 5 heteroatoms. The number of allylic oxidation sites excluding steroid dienone is 2. The number of carbonyl (C=O) groups excluding carboxylic acids is 1. The average Bonchev–Trinajstić information content (AvgIpc) is 3.00. The fourth-order valence-electron chi connectivity index (χ4n) is 4.08. The lowest BCUT2D eigenvalue weighted by atomic mass is 9.89. The topological polar surface area (TPSA) is 87.0 Å². The van der Waals surface area contributed by atoms with E-state index in [1.54, 1.807) is 6.08 Å². The van der Waals surface area contributed by atoms with Gasteiger partial charge in [0.05, 0.1) is 24.4 Å². The maximum atomic E-state index is 11.5. The van der Waals surface area contributed by atoms with Gasteiger partial charge in [0.2, 0.25) is 0 Å². The number of benzene rings is 1. The van der Waals surface area contributed by atoms with E-state index in [2.05, 4.69) is 0 Å². The van der Waals surface area contributed by atoms with Crippen LogP contribution in [0.25, 0.3) is 0 Å². The summed E-state index contributed by atoms with van der Waals surface area (Å²) >= 11 is 0. The maximum absolute atomic E-state index is 11.5. The summed E-state index contributed by atoms with van der Waals surface area (Å²) in [6.07, 6.45) is 10.2. The molecule has 1 aliphatic rings. The molecule has 1 saturated carbocycles. The molecule has 5 nitrogen and oxygen atoms in total. The highest BCUT2D eigenvalue weighted by molar-refractivity contribution is 5.69. The molecule has 0 amide bonds. The van der Waals surface area contributed by atoms with Crippen molar-refractivity contribution in [1.82, 2.24) is 0 Å². The number of hydrogen-bond donors (Lipinski definition) is 3. The van der Waals surface area contributed by atoms with Gasteiger partial charge in [-0.3, -0.25) is 4.79 Å². The lowest BCUT2D eigenvalue weighted by Gasteiger charge is -2.19. The molecule has 1 aromatic carbocycles. The van der Waals surface area contributed by atoms with Crippen molar-refractivity contribution in [2.75, 3.05) is 0 Å². The standard InChI is InChI=1S/C26H38O5/c1-19(2)31-26(30)13-9-4-3-8-12-22-23(25(29)18-24(22)28)17-16-21(27)15-14-20-10-6-5-7-11-20/h3,5-8,10-11,16-17,19,21-25,27-29H,4,9,12-15,18H2,1-2H3/b8-3?,17-16+/t21-,22+,23+,24-,25+/m0/s1. The molecule has 0 unspecified atom stereocenters. The summed E-state index contributed by atoms with van der Waals surface area (Å²) in [6, 6.07) is 10.0. The third kappa shape index (κ3) is 9.38. The summed E-state index contributed by atoms with van der Waals surface area (Å²) in [5.41, 5.74) is 1.19. The van der Waals surface area contributed by atoms with E-state index in [0.29, 0.717) is 25.7 Å². The van der Waals surface area contributed by atoms with Crippen molar-refractivity contribution in [1.29, 1.82) is 0 Å². The van der Waals surface area contributed by atoms with Crippen LogP contribution < -0.4 is 0 Å². The SMILES string of the molecule is CC(C)OC(=O)CCCC=CC[C@@H]1[C@@H](/C=C/[C@@H](O)CCc2ccccc2)[C@H](O)C[C@@H]1O. The van der Waals surface area contributed by atoms with Gasteiger partial charge in [-0.05, 0) is 57.4 Å². The Morgan fingerprint density at radius 1 is 1.16 bits per heavy atom. The highest BCUT2D eigenvalue weighted by Crippen LogP contribution is 2.36. The van der Waals surface area contributed by atoms with E-state index in [1.807, 2.05) is 62.4 Å². The molecule has 3 N–H and O–H groups in total. The van der Waals surface area contributed by atoms with E-state index < -0.39 is 18.3 Å².